The van der Waals surface area contributed by atoms with Gasteiger partial charge in [-0.1, -0.05) is 0 Å². The maximum Gasteiger partial charge on any atom is 0.434 e. The van der Waals surface area contributed by atoms with E-state index in [1.54, 1.807) is 0 Å². The molecule has 1 heterocycles. The van der Waals surface area contributed by atoms with Gasteiger partial charge in [-0.25, -0.2) is 18.4 Å². The zero-order valence-corrected chi connectivity index (χ0v) is 18.0. The predicted octanol–water partition coefficient (Wildman–Crippen LogP) is 2.66. The third-order valence-electron chi connectivity index (χ3n) is 2.86. The quantitative estimate of drug-likeness (QED) is 0.332. The molecule has 2 N–H and O–H groups in total. The lowest BCUT2D eigenvalue weighted by Gasteiger charge is -2.17. The van der Waals surface area contributed by atoms with E-state index in [9.17, 15) is 21.6 Å². The van der Waals surface area contributed by atoms with Crippen molar-refractivity contribution < 1.29 is 21.6 Å². The summed E-state index contributed by atoms with van der Waals surface area (Å²) in [5.41, 5.74) is -0.919. The van der Waals surface area contributed by atoms with Crippen LogP contribution in [0.4, 0.5) is 13.2 Å². The summed E-state index contributed by atoms with van der Waals surface area (Å²) in [4.78, 5) is 7.70. The highest BCUT2D eigenvalue weighted by Crippen LogP contribution is 2.30. The molecule has 0 radical (unpaired) electrons. The van der Waals surface area contributed by atoms with Crippen LogP contribution in [0.3, 0.4) is 0 Å². The number of rotatable bonds is 7. The Bertz CT molecular complexity index is 662. The van der Waals surface area contributed by atoms with Crippen LogP contribution in [-0.2, 0) is 22.6 Å². The monoisotopic (exact) mass is 514 g/mol. The summed E-state index contributed by atoms with van der Waals surface area (Å²) in [5, 5.41) is 7.20. The summed E-state index contributed by atoms with van der Waals surface area (Å²) < 4.78 is 59.9. The largest absolute Gasteiger partial charge is 0.434 e. The normalized spacial score (nSPS) is 13.9. The first kappa shape index (κ1) is 24.4. The molecule has 0 aliphatic rings. The minimum atomic E-state index is -4.46. The Morgan fingerprint density at radius 1 is 1.44 bits per heavy atom. The highest BCUT2D eigenvalue weighted by molar-refractivity contribution is 14.0. The lowest BCUT2D eigenvalue weighted by molar-refractivity contribution is -0.140. The van der Waals surface area contributed by atoms with E-state index in [1.807, 2.05) is 13.8 Å². The molecule has 0 bridgehead atoms. The number of sulfone groups is 1. The lowest BCUT2D eigenvalue weighted by Crippen LogP contribution is -2.42. The number of alkyl halides is 3. The van der Waals surface area contributed by atoms with Crippen molar-refractivity contribution in [3.05, 3.63) is 16.1 Å². The average molecular weight is 514 g/mol. The molecule has 0 amide bonds. The Morgan fingerprint density at radius 2 is 2.08 bits per heavy atom. The SMILES string of the molecule is CCNC(=NCc1nc(C(F)(F)F)cs1)NC(C)CCS(C)(=O)=O.I. The second kappa shape index (κ2) is 10.5. The zero-order chi connectivity index (χ0) is 18.4. The summed E-state index contributed by atoms with van der Waals surface area (Å²) in [5.74, 6) is 0.449. The smallest absolute Gasteiger partial charge is 0.357 e. The van der Waals surface area contributed by atoms with Crippen molar-refractivity contribution in [2.24, 2.45) is 4.99 Å². The van der Waals surface area contributed by atoms with Crippen molar-refractivity contribution in [3.8, 4) is 0 Å². The van der Waals surface area contributed by atoms with E-state index in [0.717, 1.165) is 16.7 Å². The first-order valence-electron chi connectivity index (χ1n) is 7.25. The number of hydrogen-bond donors (Lipinski definition) is 2. The van der Waals surface area contributed by atoms with E-state index < -0.39 is 21.7 Å². The van der Waals surface area contributed by atoms with Gasteiger partial charge in [0.05, 0.1) is 12.3 Å². The highest BCUT2D eigenvalue weighted by Gasteiger charge is 2.33. The molecule has 1 unspecified atom stereocenters. The fourth-order valence-corrected chi connectivity index (χ4v) is 3.18. The first-order valence-corrected chi connectivity index (χ1v) is 10.2. The van der Waals surface area contributed by atoms with Gasteiger partial charge in [0.1, 0.15) is 14.8 Å². The minimum Gasteiger partial charge on any atom is -0.357 e. The molecule has 0 aliphatic heterocycles. The molecule has 12 heteroatoms. The summed E-state index contributed by atoms with van der Waals surface area (Å²) in [6.07, 6.45) is -2.89. The fourth-order valence-electron chi connectivity index (χ4n) is 1.68. The Balaban J connectivity index is 0.00000576. The van der Waals surface area contributed by atoms with E-state index in [-0.39, 0.29) is 47.3 Å². The molecule has 1 atom stereocenters. The van der Waals surface area contributed by atoms with Crippen molar-refractivity contribution in [1.82, 2.24) is 15.6 Å². The molecule has 0 saturated heterocycles. The predicted molar refractivity (Wildman–Crippen MR) is 104 cm³/mol. The van der Waals surface area contributed by atoms with Crippen LogP contribution in [-0.4, -0.2) is 44.0 Å². The number of nitrogens with one attached hydrogen (secondary N) is 2. The van der Waals surface area contributed by atoms with Gasteiger partial charge in [0, 0.05) is 24.2 Å². The van der Waals surface area contributed by atoms with Crippen LogP contribution >= 0.6 is 35.3 Å². The van der Waals surface area contributed by atoms with Crippen LogP contribution < -0.4 is 10.6 Å². The standard InChI is InChI=1S/C13H21F3N4O2S2.HI/c1-4-17-12(19-9(2)5-6-24(3,21)22)18-7-11-20-10(8-23-11)13(14,15)16;/h8-9H,4-7H2,1-3H3,(H2,17,18,19);1H. The maximum absolute atomic E-state index is 12.5. The second-order valence-electron chi connectivity index (χ2n) is 5.28. The molecule has 0 fully saturated rings. The number of aromatic nitrogens is 1. The summed E-state index contributed by atoms with van der Waals surface area (Å²) in [6.45, 7) is 4.23. The third-order valence-corrected chi connectivity index (χ3v) is 4.67. The van der Waals surface area contributed by atoms with Gasteiger partial charge in [-0.2, -0.15) is 13.2 Å². The second-order valence-corrected chi connectivity index (χ2v) is 8.49. The number of nitrogens with zero attached hydrogens (tertiary/aromatic N) is 2. The first-order chi connectivity index (χ1) is 11.0. The average Bonchev–Trinajstić information content (AvgIpc) is 2.91. The lowest BCUT2D eigenvalue weighted by atomic mass is 10.3. The molecule has 0 aliphatic carbocycles. The molecular formula is C13H22F3IN4O2S2. The van der Waals surface area contributed by atoms with Crippen LogP contribution in [0.1, 0.15) is 31.0 Å². The Hall–Kier alpha value is -0.630. The fraction of sp³-hybridized carbons (Fsp3) is 0.692. The Kier molecular flexibility index (Phi) is 10.2. The highest BCUT2D eigenvalue weighted by atomic mass is 127. The van der Waals surface area contributed by atoms with Gasteiger partial charge in [-0.3, -0.25) is 0 Å². The molecular weight excluding hydrogens is 492 g/mol. The maximum atomic E-state index is 12.5. The molecule has 25 heavy (non-hydrogen) atoms. The van der Waals surface area contributed by atoms with Gasteiger partial charge in [-0.15, -0.1) is 35.3 Å². The van der Waals surface area contributed by atoms with Crippen molar-refractivity contribution >= 4 is 51.1 Å². The number of thiazole rings is 1. The van der Waals surface area contributed by atoms with Crippen LogP contribution in [0.25, 0.3) is 0 Å². The van der Waals surface area contributed by atoms with E-state index >= 15 is 0 Å². The van der Waals surface area contributed by atoms with E-state index in [4.69, 9.17) is 0 Å². The zero-order valence-electron chi connectivity index (χ0n) is 14.1. The molecule has 1 aromatic heterocycles. The van der Waals surface area contributed by atoms with Crippen LogP contribution in [0.2, 0.25) is 0 Å². The van der Waals surface area contributed by atoms with Gasteiger partial charge in [0.15, 0.2) is 11.7 Å². The topological polar surface area (TPSA) is 83.4 Å². The number of guanidine groups is 1. The number of halogens is 4. The Morgan fingerprint density at radius 3 is 2.56 bits per heavy atom. The Labute approximate surface area is 166 Å². The van der Waals surface area contributed by atoms with Gasteiger partial charge >= 0.3 is 6.18 Å². The summed E-state index contributed by atoms with van der Waals surface area (Å²) in [7, 11) is -3.05. The number of aliphatic imine (C=N–C) groups is 1. The van der Waals surface area contributed by atoms with E-state index in [1.165, 1.54) is 6.26 Å². The molecule has 0 aromatic carbocycles. The van der Waals surface area contributed by atoms with E-state index in [0.29, 0.717) is 18.9 Å². The molecule has 146 valence electrons. The minimum absolute atomic E-state index is 0. The molecule has 0 saturated carbocycles. The van der Waals surface area contributed by atoms with E-state index in [2.05, 4.69) is 20.6 Å². The van der Waals surface area contributed by atoms with Crippen LogP contribution in [0.15, 0.2) is 10.4 Å². The molecule has 0 spiro atoms. The van der Waals surface area contributed by atoms with Crippen LogP contribution in [0, 0.1) is 0 Å². The summed E-state index contributed by atoms with van der Waals surface area (Å²) in [6, 6.07) is -0.153. The van der Waals surface area contributed by atoms with Crippen molar-refractivity contribution in [1.29, 1.82) is 0 Å². The molecule has 1 aromatic rings. The van der Waals surface area contributed by atoms with Crippen LogP contribution in [0.5, 0.6) is 0 Å². The van der Waals surface area contributed by atoms with Gasteiger partial charge in [-0.05, 0) is 20.3 Å². The van der Waals surface area contributed by atoms with Gasteiger partial charge in [0.25, 0.3) is 0 Å². The van der Waals surface area contributed by atoms with Crippen molar-refractivity contribution in [2.75, 3.05) is 18.6 Å². The number of hydrogen-bond acceptors (Lipinski definition) is 5. The molecule has 1 rings (SSSR count). The van der Waals surface area contributed by atoms with Gasteiger partial charge < -0.3 is 10.6 Å². The van der Waals surface area contributed by atoms with Gasteiger partial charge in [0.2, 0.25) is 0 Å². The van der Waals surface area contributed by atoms with Crippen molar-refractivity contribution in [2.45, 2.75) is 39.0 Å². The van der Waals surface area contributed by atoms with Crippen molar-refractivity contribution in [3.63, 3.8) is 0 Å². The summed E-state index contributed by atoms with van der Waals surface area (Å²) >= 11 is 0.896. The third kappa shape index (κ3) is 10.2. The molecule has 6 nitrogen and oxygen atoms in total.